The molecule has 2 aliphatic heterocycles. The molecule has 28 heavy (non-hydrogen) atoms. The summed E-state index contributed by atoms with van der Waals surface area (Å²) in [6, 6.07) is 11.2. The van der Waals surface area contributed by atoms with Gasteiger partial charge in [0, 0.05) is 29.2 Å². The van der Waals surface area contributed by atoms with Crippen molar-refractivity contribution >= 4 is 23.3 Å². The number of benzene rings is 2. The molecule has 2 aliphatic rings. The van der Waals surface area contributed by atoms with Crippen LogP contribution in [-0.2, 0) is 0 Å². The van der Waals surface area contributed by atoms with Crippen molar-refractivity contribution in [2.75, 3.05) is 26.8 Å². The van der Waals surface area contributed by atoms with Gasteiger partial charge in [0.15, 0.2) is 17.6 Å². The molecule has 1 atom stereocenters. The largest absolute Gasteiger partial charge is 0.496 e. The molecule has 6 nitrogen and oxygen atoms in total. The zero-order valence-electron chi connectivity index (χ0n) is 15.4. The number of carbonyl (C=O) groups is 1. The third-order valence-electron chi connectivity index (χ3n) is 5.00. The van der Waals surface area contributed by atoms with Gasteiger partial charge in [-0.15, -0.1) is 0 Å². The van der Waals surface area contributed by atoms with Gasteiger partial charge < -0.3 is 24.2 Å². The highest BCUT2D eigenvalue weighted by Gasteiger charge is 2.29. The number of nitrogens with zero attached hydrogens (tertiary/aromatic N) is 1. The van der Waals surface area contributed by atoms with Gasteiger partial charge in [-0.05, 0) is 36.3 Å². The summed E-state index contributed by atoms with van der Waals surface area (Å²) in [6.07, 6.45) is 1.32. The van der Waals surface area contributed by atoms with E-state index in [4.69, 9.17) is 30.9 Å². The summed E-state index contributed by atoms with van der Waals surface area (Å²) in [7, 11) is 1.60. The van der Waals surface area contributed by atoms with Crippen molar-refractivity contribution in [1.29, 1.82) is 0 Å². The van der Waals surface area contributed by atoms with Crippen LogP contribution in [0.2, 0.25) is 5.02 Å². The average Bonchev–Trinajstić information content (AvgIpc) is 2.73. The second-order valence-corrected chi connectivity index (χ2v) is 7.08. The van der Waals surface area contributed by atoms with E-state index in [1.807, 2.05) is 30.3 Å². The van der Waals surface area contributed by atoms with Crippen molar-refractivity contribution in [3.63, 3.8) is 0 Å². The van der Waals surface area contributed by atoms with Crippen LogP contribution in [0.3, 0.4) is 0 Å². The zero-order chi connectivity index (χ0) is 19.7. The number of halogens is 1. The van der Waals surface area contributed by atoms with Crippen LogP contribution in [0.25, 0.3) is 5.57 Å². The topological polar surface area (TPSA) is 68.2 Å². The summed E-state index contributed by atoms with van der Waals surface area (Å²) in [5.41, 5.74) is 2.85. The molecule has 0 saturated heterocycles. The Bertz CT molecular complexity index is 942. The summed E-state index contributed by atoms with van der Waals surface area (Å²) in [4.78, 5) is 12.5. The molecule has 0 aromatic heterocycles. The van der Waals surface area contributed by atoms with Gasteiger partial charge in [-0.2, -0.15) is 0 Å². The lowest BCUT2D eigenvalue weighted by molar-refractivity contribution is 0.0888. The van der Waals surface area contributed by atoms with Crippen molar-refractivity contribution in [3.8, 4) is 17.2 Å². The van der Waals surface area contributed by atoms with E-state index in [1.54, 1.807) is 19.2 Å². The molecule has 2 aromatic rings. The molecular weight excluding hydrogens is 382 g/mol. The van der Waals surface area contributed by atoms with Crippen molar-refractivity contribution in [1.82, 2.24) is 4.90 Å². The number of fused-ring (bicyclic) bond motifs is 1. The number of ether oxygens (including phenoxy) is 3. The molecule has 2 heterocycles. The van der Waals surface area contributed by atoms with Crippen LogP contribution in [-0.4, -0.2) is 42.9 Å². The first-order valence-corrected chi connectivity index (χ1v) is 9.38. The van der Waals surface area contributed by atoms with E-state index in [2.05, 4.69) is 0 Å². The fourth-order valence-electron chi connectivity index (χ4n) is 3.54. The Morgan fingerprint density at radius 1 is 1.32 bits per heavy atom. The monoisotopic (exact) mass is 401 g/mol. The number of hydrogen-bond acceptors (Lipinski definition) is 4. The van der Waals surface area contributed by atoms with Gasteiger partial charge in [-0.1, -0.05) is 29.8 Å². The molecule has 0 radical (unpaired) electrons. The SMILES string of the molecule is COc1cc(Cl)ccc1C1COc2cccc(C3=CCN(C(=O)O)CC3)c2O1. The number of carboxylic acid groups (broad SMARTS) is 1. The maximum Gasteiger partial charge on any atom is 0.407 e. The molecule has 0 spiro atoms. The molecule has 4 rings (SSSR count). The lowest BCUT2D eigenvalue weighted by Gasteiger charge is -2.31. The fourth-order valence-corrected chi connectivity index (χ4v) is 3.70. The fraction of sp³-hybridized carbons (Fsp3) is 0.286. The molecule has 2 aromatic carbocycles. The zero-order valence-corrected chi connectivity index (χ0v) is 16.1. The van der Waals surface area contributed by atoms with Crippen LogP contribution in [0.5, 0.6) is 17.2 Å². The molecule has 0 bridgehead atoms. The first-order valence-electron chi connectivity index (χ1n) is 9.00. The Labute approximate surface area is 167 Å². The second-order valence-electron chi connectivity index (χ2n) is 6.64. The Hall–Kier alpha value is -2.86. The summed E-state index contributed by atoms with van der Waals surface area (Å²) in [5, 5.41) is 9.74. The van der Waals surface area contributed by atoms with Crippen molar-refractivity contribution in [2.24, 2.45) is 0 Å². The lowest BCUT2D eigenvalue weighted by atomic mass is 9.97. The quantitative estimate of drug-likeness (QED) is 0.812. The molecule has 1 unspecified atom stereocenters. The molecule has 1 amide bonds. The van der Waals surface area contributed by atoms with E-state index in [-0.39, 0.29) is 6.10 Å². The van der Waals surface area contributed by atoms with Gasteiger partial charge >= 0.3 is 6.09 Å². The summed E-state index contributed by atoms with van der Waals surface area (Å²) in [5.74, 6) is 2.00. The van der Waals surface area contributed by atoms with E-state index in [0.717, 1.165) is 16.7 Å². The third-order valence-corrected chi connectivity index (χ3v) is 5.23. The summed E-state index contributed by atoms with van der Waals surface area (Å²) < 4.78 is 17.8. The standard InChI is InChI=1S/C21H20ClNO5/c1-26-18-11-14(22)5-6-16(18)19-12-27-17-4-2-3-15(20(17)28-19)13-7-9-23(10-8-13)21(24)25/h2-7,11,19H,8-10,12H2,1H3,(H,24,25). The Balaban J connectivity index is 1.65. The predicted molar refractivity (Wildman–Crippen MR) is 106 cm³/mol. The van der Waals surface area contributed by atoms with Crippen LogP contribution in [0.1, 0.15) is 23.7 Å². The lowest BCUT2D eigenvalue weighted by Crippen LogP contribution is -2.33. The Kier molecular flexibility index (Phi) is 5.05. The molecule has 0 fully saturated rings. The van der Waals surface area contributed by atoms with Crippen LogP contribution >= 0.6 is 11.6 Å². The van der Waals surface area contributed by atoms with E-state index < -0.39 is 6.09 Å². The van der Waals surface area contributed by atoms with Crippen LogP contribution < -0.4 is 14.2 Å². The number of methoxy groups -OCH3 is 1. The van der Waals surface area contributed by atoms with E-state index in [9.17, 15) is 4.79 Å². The maximum absolute atomic E-state index is 11.1. The normalized spacial score (nSPS) is 18.4. The summed E-state index contributed by atoms with van der Waals surface area (Å²) >= 11 is 6.07. The van der Waals surface area contributed by atoms with Gasteiger partial charge in [0.25, 0.3) is 0 Å². The predicted octanol–water partition coefficient (Wildman–Crippen LogP) is 4.63. The Morgan fingerprint density at radius 3 is 2.89 bits per heavy atom. The Morgan fingerprint density at radius 2 is 2.18 bits per heavy atom. The molecular formula is C21H20ClNO5. The molecule has 1 N–H and O–H groups in total. The minimum Gasteiger partial charge on any atom is -0.496 e. The average molecular weight is 402 g/mol. The van der Waals surface area contributed by atoms with Crippen LogP contribution in [0.4, 0.5) is 4.79 Å². The molecule has 146 valence electrons. The minimum absolute atomic E-state index is 0.333. The summed E-state index contributed by atoms with van der Waals surface area (Å²) in [6.45, 7) is 1.18. The number of rotatable bonds is 3. The van der Waals surface area contributed by atoms with Gasteiger partial charge in [-0.3, -0.25) is 0 Å². The van der Waals surface area contributed by atoms with Crippen molar-refractivity contribution < 1.29 is 24.1 Å². The van der Waals surface area contributed by atoms with Gasteiger partial charge in [0.05, 0.1) is 7.11 Å². The van der Waals surface area contributed by atoms with Crippen LogP contribution in [0.15, 0.2) is 42.5 Å². The minimum atomic E-state index is -0.903. The van der Waals surface area contributed by atoms with Crippen molar-refractivity contribution in [3.05, 3.63) is 58.6 Å². The highest BCUT2D eigenvalue weighted by Crippen LogP contribution is 2.44. The number of hydrogen-bond donors (Lipinski definition) is 1. The second kappa shape index (κ2) is 7.64. The van der Waals surface area contributed by atoms with E-state index in [1.165, 1.54) is 4.90 Å². The molecule has 7 heteroatoms. The first kappa shape index (κ1) is 18.5. The maximum atomic E-state index is 11.1. The third kappa shape index (κ3) is 3.47. The molecule has 0 aliphatic carbocycles. The van der Waals surface area contributed by atoms with E-state index in [0.29, 0.717) is 48.4 Å². The number of amides is 1. The highest BCUT2D eigenvalue weighted by atomic mass is 35.5. The van der Waals surface area contributed by atoms with Crippen molar-refractivity contribution in [2.45, 2.75) is 12.5 Å². The van der Waals surface area contributed by atoms with Gasteiger partial charge in [0.2, 0.25) is 0 Å². The van der Waals surface area contributed by atoms with Gasteiger partial charge in [0.1, 0.15) is 12.4 Å². The first-order chi connectivity index (χ1) is 13.6. The highest BCUT2D eigenvalue weighted by molar-refractivity contribution is 6.30. The smallest absolute Gasteiger partial charge is 0.407 e. The van der Waals surface area contributed by atoms with Gasteiger partial charge in [-0.25, -0.2) is 4.79 Å². The van der Waals surface area contributed by atoms with Crippen LogP contribution in [0, 0.1) is 0 Å². The molecule has 0 saturated carbocycles. The number of para-hydroxylation sites is 1. The van der Waals surface area contributed by atoms with E-state index >= 15 is 0 Å².